The van der Waals surface area contributed by atoms with Crippen LogP contribution in [-0.2, 0) is 0 Å². The van der Waals surface area contributed by atoms with E-state index in [2.05, 4.69) is 47.8 Å². The molecule has 21 heavy (non-hydrogen) atoms. The van der Waals surface area contributed by atoms with Gasteiger partial charge in [0.05, 0.1) is 6.04 Å². The fraction of sp³-hybridized carbons (Fsp3) is 0.294. The average Bonchev–Trinajstić information content (AvgIpc) is 2.41. The standard InChI is InChI=1S/C17H18ClFIN/c1-4-21-17(13-6-5-12(19)9-16(13)20)14-7-11(3)15(18)8-10(14)2/h5-9,17,21H,4H2,1-3H3. The first kappa shape index (κ1) is 16.7. The maximum atomic E-state index is 13.4. The van der Waals surface area contributed by atoms with Crippen LogP contribution < -0.4 is 5.32 Å². The molecule has 0 aliphatic rings. The molecule has 112 valence electrons. The molecule has 2 aromatic rings. The summed E-state index contributed by atoms with van der Waals surface area (Å²) in [6.45, 7) is 6.96. The molecule has 1 atom stereocenters. The maximum absolute atomic E-state index is 13.4. The van der Waals surface area contributed by atoms with E-state index in [1.54, 1.807) is 6.07 Å². The van der Waals surface area contributed by atoms with Gasteiger partial charge in [0.15, 0.2) is 0 Å². The van der Waals surface area contributed by atoms with Crippen LogP contribution in [-0.4, -0.2) is 6.54 Å². The van der Waals surface area contributed by atoms with Gasteiger partial charge in [0.1, 0.15) is 5.82 Å². The van der Waals surface area contributed by atoms with Crippen molar-refractivity contribution in [2.24, 2.45) is 0 Å². The second kappa shape index (κ2) is 7.07. The van der Waals surface area contributed by atoms with Crippen LogP contribution in [0, 0.1) is 23.2 Å². The molecule has 0 aliphatic carbocycles. The summed E-state index contributed by atoms with van der Waals surface area (Å²) in [5, 5.41) is 4.27. The first-order chi connectivity index (χ1) is 9.93. The normalized spacial score (nSPS) is 12.5. The van der Waals surface area contributed by atoms with E-state index in [0.717, 1.165) is 31.8 Å². The van der Waals surface area contributed by atoms with Crippen LogP contribution >= 0.6 is 34.2 Å². The van der Waals surface area contributed by atoms with Gasteiger partial charge in [0, 0.05) is 8.59 Å². The number of benzene rings is 2. The molecule has 0 aliphatic heterocycles. The van der Waals surface area contributed by atoms with Crippen molar-refractivity contribution in [3.63, 3.8) is 0 Å². The molecule has 0 heterocycles. The molecule has 0 saturated heterocycles. The lowest BCUT2D eigenvalue weighted by molar-refractivity contribution is 0.609. The van der Waals surface area contributed by atoms with E-state index < -0.39 is 0 Å². The third kappa shape index (κ3) is 3.76. The van der Waals surface area contributed by atoms with E-state index in [1.807, 2.05) is 19.1 Å². The van der Waals surface area contributed by atoms with Crippen molar-refractivity contribution in [2.75, 3.05) is 6.54 Å². The van der Waals surface area contributed by atoms with Gasteiger partial charge in [-0.3, -0.25) is 0 Å². The number of rotatable bonds is 4. The van der Waals surface area contributed by atoms with Gasteiger partial charge in [-0.15, -0.1) is 0 Å². The Bertz CT molecular complexity index is 657. The van der Waals surface area contributed by atoms with E-state index in [0.29, 0.717) is 0 Å². The van der Waals surface area contributed by atoms with Crippen LogP contribution in [0.15, 0.2) is 30.3 Å². The fourth-order valence-electron chi connectivity index (χ4n) is 2.44. The largest absolute Gasteiger partial charge is 0.306 e. The summed E-state index contributed by atoms with van der Waals surface area (Å²) in [6.07, 6.45) is 0. The number of hydrogen-bond donors (Lipinski definition) is 1. The van der Waals surface area contributed by atoms with E-state index in [-0.39, 0.29) is 11.9 Å². The van der Waals surface area contributed by atoms with Gasteiger partial charge < -0.3 is 5.32 Å². The Labute approximate surface area is 144 Å². The molecule has 0 bridgehead atoms. The Morgan fingerprint density at radius 1 is 1.14 bits per heavy atom. The van der Waals surface area contributed by atoms with Crippen LogP contribution in [0.25, 0.3) is 0 Å². The summed E-state index contributed by atoms with van der Waals surface area (Å²) in [5.41, 5.74) is 4.46. The Balaban J connectivity index is 2.55. The van der Waals surface area contributed by atoms with Crippen LogP contribution in [0.5, 0.6) is 0 Å². The van der Waals surface area contributed by atoms with Crippen molar-refractivity contribution < 1.29 is 4.39 Å². The third-order valence-corrected chi connectivity index (χ3v) is 4.88. The van der Waals surface area contributed by atoms with Crippen molar-refractivity contribution in [3.05, 3.63) is 67.0 Å². The highest BCUT2D eigenvalue weighted by atomic mass is 127. The van der Waals surface area contributed by atoms with Gasteiger partial charge in [0.2, 0.25) is 0 Å². The zero-order valence-corrected chi connectivity index (χ0v) is 15.2. The molecule has 0 amide bonds. The number of aryl methyl sites for hydroxylation is 2. The molecular weight excluding hydrogens is 400 g/mol. The van der Waals surface area contributed by atoms with Crippen LogP contribution in [0.2, 0.25) is 5.02 Å². The highest BCUT2D eigenvalue weighted by Gasteiger charge is 2.19. The first-order valence-corrected chi connectivity index (χ1v) is 8.34. The Morgan fingerprint density at radius 2 is 1.86 bits per heavy atom. The molecule has 1 nitrogen and oxygen atoms in total. The van der Waals surface area contributed by atoms with Crippen molar-refractivity contribution in [1.29, 1.82) is 0 Å². The van der Waals surface area contributed by atoms with E-state index in [4.69, 9.17) is 11.6 Å². The molecule has 0 spiro atoms. The van der Waals surface area contributed by atoms with Crippen LogP contribution in [0.3, 0.4) is 0 Å². The molecule has 1 unspecified atom stereocenters. The minimum absolute atomic E-state index is 0.0402. The lowest BCUT2D eigenvalue weighted by Gasteiger charge is -2.23. The fourth-order valence-corrected chi connectivity index (χ4v) is 3.45. The van der Waals surface area contributed by atoms with Crippen molar-refractivity contribution in [2.45, 2.75) is 26.8 Å². The predicted octanol–water partition coefficient (Wildman–Crippen LogP) is 5.40. The quantitative estimate of drug-likeness (QED) is 0.657. The molecule has 0 aromatic heterocycles. The number of nitrogens with one attached hydrogen (secondary N) is 1. The van der Waals surface area contributed by atoms with Crippen LogP contribution in [0.4, 0.5) is 4.39 Å². The predicted molar refractivity (Wildman–Crippen MR) is 95.6 cm³/mol. The number of halogens is 3. The Morgan fingerprint density at radius 3 is 2.48 bits per heavy atom. The lowest BCUT2D eigenvalue weighted by atomic mass is 9.93. The minimum atomic E-state index is -0.206. The topological polar surface area (TPSA) is 12.0 Å². The van der Waals surface area contributed by atoms with Crippen LogP contribution in [0.1, 0.15) is 35.2 Å². The summed E-state index contributed by atoms with van der Waals surface area (Å²) in [4.78, 5) is 0. The van der Waals surface area contributed by atoms with E-state index in [1.165, 1.54) is 11.6 Å². The summed E-state index contributed by atoms with van der Waals surface area (Å²) < 4.78 is 14.3. The molecule has 0 saturated carbocycles. The molecular formula is C17H18ClFIN. The third-order valence-electron chi connectivity index (χ3n) is 3.54. The highest BCUT2D eigenvalue weighted by molar-refractivity contribution is 14.1. The zero-order chi connectivity index (χ0) is 15.6. The van der Waals surface area contributed by atoms with Gasteiger partial charge >= 0.3 is 0 Å². The maximum Gasteiger partial charge on any atom is 0.124 e. The van der Waals surface area contributed by atoms with Gasteiger partial charge in [-0.25, -0.2) is 4.39 Å². The van der Waals surface area contributed by atoms with Crippen molar-refractivity contribution in [1.82, 2.24) is 5.32 Å². The van der Waals surface area contributed by atoms with E-state index in [9.17, 15) is 4.39 Å². The molecule has 1 N–H and O–H groups in total. The van der Waals surface area contributed by atoms with Gasteiger partial charge in [0.25, 0.3) is 0 Å². The summed E-state index contributed by atoms with van der Waals surface area (Å²) in [5.74, 6) is -0.206. The minimum Gasteiger partial charge on any atom is -0.306 e. The molecule has 0 fully saturated rings. The Hall–Kier alpha value is -0.650. The lowest BCUT2D eigenvalue weighted by Crippen LogP contribution is -2.24. The first-order valence-electron chi connectivity index (χ1n) is 6.89. The molecule has 2 aromatic carbocycles. The molecule has 0 radical (unpaired) electrons. The summed E-state index contributed by atoms with van der Waals surface area (Å²) >= 11 is 8.38. The summed E-state index contributed by atoms with van der Waals surface area (Å²) in [7, 11) is 0. The van der Waals surface area contributed by atoms with Gasteiger partial charge in [-0.05, 0) is 83.4 Å². The summed E-state index contributed by atoms with van der Waals surface area (Å²) in [6, 6.07) is 9.09. The van der Waals surface area contributed by atoms with Gasteiger partial charge in [-0.2, -0.15) is 0 Å². The highest BCUT2D eigenvalue weighted by Crippen LogP contribution is 2.31. The van der Waals surface area contributed by atoms with Gasteiger partial charge in [-0.1, -0.05) is 30.7 Å². The molecule has 4 heteroatoms. The monoisotopic (exact) mass is 417 g/mol. The SMILES string of the molecule is CCNC(c1cc(C)c(Cl)cc1C)c1ccc(F)cc1I. The average molecular weight is 418 g/mol. The molecule has 2 rings (SSSR count). The Kier molecular flexibility index (Phi) is 5.63. The van der Waals surface area contributed by atoms with Crippen molar-refractivity contribution >= 4 is 34.2 Å². The second-order valence-electron chi connectivity index (χ2n) is 5.11. The van der Waals surface area contributed by atoms with E-state index >= 15 is 0 Å². The zero-order valence-electron chi connectivity index (χ0n) is 12.3. The smallest absolute Gasteiger partial charge is 0.124 e. The number of hydrogen-bond acceptors (Lipinski definition) is 1. The second-order valence-corrected chi connectivity index (χ2v) is 6.68. The van der Waals surface area contributed by atoms with Crippen molar-refractivity contribution in [3.8, 4) is 0 Å².